The Balaban J connectivity index is 1.66. The van der Waals surface area contributed by atoms with Crippen LogP contribution in [-0.2, 0) is 4.79 Å². The maximum atomic E-state index is 13.1. The fraction of sp³-hybridized carbons (Fsp3) is 0.400. The summed E-state index contributed by atoms with van der Waals surface area (Å²) in [4.78, 5) is 32.1. The molecule has 0 radical (unpaired) electrons. The summed E-state index contributed by atoms with van der Waals surface area (Å²) in [6, 6.07) is 9.48. The number of hydrogen-bond donors (Lipinski definition) is 0. The molecule has 0 bridgehead atoms. The van der Waals surface area contributed by atoms with Crippen LogP contribution in [0.1, 0.15) is 32.2 Å². The second-order valence-electron chi connectivity index (χ2n) is 7.04. The number of thioether (sulfide) groups is 1. The Morgan fingerprint density at radius 2 is 2.11 bits per heavy atom. The molecule has 1 unspecified atom stereocenters. The van der Waals surface area contributed by atoms with Gasteiger partial charge in [-0.2, -0.15) is 5.10 Å². The van der Waals surface area contributed by atoms with Crippen LogP contribution >= 0.6 is 11.8 Å². The van der Waals surface area contributed by atoms with E-state index in [0.29, 0.717) is 28.4 Å². The summed E-state index contributed by atoms with van der Waals surface area (Å²) in [5.41, 5.74) is 1.30. The van der Waals surface area contributed by atoms with Crippen molar-refractivity contribution in [3.05, 3.63) is 46.9 Å². The van der Waals surface area contributed by atoms with E-state index < -0.39 is 0 Å². The number of amides is 1. The van der Waals surface area contributed by atoms with Gasteiger partial charge in [-0.25, -0.2) is 9.67 Å². The predicted octanol–water partition coefficient (Wildman–Crippen LogP) is 2.88. The number of carbonyl (C=O) groups is 1. The molecule has 3 aromatic rings. The van der Waals surface area contributed by atoms with Gasteiger partial charge in [0.15, 0.2) is 10.8 Å². The molecule has 0 spiro atoms. The molecule has 2 aromatic heterocycles. The molecule has 1 aliphatic heterocycles. The minimum absolute atomic E-state index is 0.0684. The molecule has 1 aromatic carbocycles. The van der Waals surface area contributed by atoms with Crippen LogP contribution in [0.4, 0.5) is 0 Å². The molecule has 3 heterocycles. The molecule has 1 atom stereocenters. The summed E-state index contributed by atoms with van der Waals surface area (Å²) in [6.45, 7) is 2.85. The van der Waals surface area contributed by atoms with E-state index in [1.54, 1.807) is 20.3 Å². The number of nitrogens with zero attached hydrogens (tertiary/aromatic N) is 5. The smallest absolute Gasteiger partial charge is 0.265 e. The third-order valence-corrected chi connectivity index (χ3v) is 6.15. The van der Waals surface area contributed by atoms with Gasteiger partial charge in [0.1, 0.15) is 5.39 Å². The molecule has 8 heteroatoms. The standard InChI is InChI=1S/C20H23N5O2S/c1-3-4-10-23(2)17(26)11-15-13-28-20-22-18-16(19(27)24(15)20)12-21-25(18)14-8-6-5-7-9-14/h5-9,12,15H,3-4,10-11,13H2,1-2H3. The van der Waals surface area contributed by atoms with Gasteiger partial charge in [-0.15, -0.1) is 0 Å². The van der Waals surface area contributed by atoms with Crippen LogP contribution in [0.15, 0.2) is 46.5 Å². The Bertz CT molecular complexity index is 1060. The maximum Gasteiger partial charge on any atom is 0.265 e. The first-order chi connectivity index (χ1) is 13.6. The van der Waals surface area contributed by atoms with Gasteiger partial charge in [0, 0.05) is 25.8 Å². The minimum atomic E-state index is -0.166. The highest BCUT2D eigenvalue weighted by atomic mass is 32.2. The summed E-state index contributed by atoms with van der Waals surface area (Å²) in [5.74, 6) is 0.750. The topological polar surface area (TPSA) is 73.0 Å². The Labute approximate surface area is 167 Å². The van der Waals surface area contributed by atoms with E-state index in [-0.39, 0.29) is 17.5 Å². The van der Waals surface area contributed by atoms with Crippen LogP contribution < -0.4 is 5.56 Å². The lowest BCUT2D eigenvalue weighted by Crippen LogP contribution is -2.32. The Hall–Kier alpha value is -2.61. The largest absolute Gasteiger partial charge is 0.346 e. The van der Waals surface area contributed by atoms with Crippen LogP contribution in [0.3, 0.4) is 0 Å². The van der Waals surface area contributed by atoms with Gasteiger partial charge in [-0.3, -0.25) is 14.2 Å². The summed E-state index contributed by atoms with van der Waals surface area (Å²) in [7, 11) is 1.83. The summed E-state index contributed by atoms with van der Waals surface area (Å²) < 4.78 is 3.37. The van der Waals surface area contributed by atoms with E-state index in [2.05, 4.69) is 12.0 Å². The molecule has 1 amide bonds. The number of unbranched alkanes of at least 4 members (excludes halogenated alkanes) is 1. The van der Waals surface area contributed by atoms with Crippen molar-refractivity contribution in [1.29, 1.82) is 0 Å². The van der Waals surface area contributed by atoms with E-state index in [0.717, 1.165) is 25.1 Å². The summed E-state index contributed by atoms with van der Waals surface area (Å²) >= 11 is 1.52. The third kappa shape index (κ3) is 3.32. The monoisotopic (exact) mass is 397 g/mol. The highest BCUT2D eigenvalue weighted by Gasteiger charge is 2.30. The lowest BCUT2D eigenvalue weighted by Gasteiger charge is -2.20. The highest BCUT2D eigenvalue weighted by Crippen LogP contribution is 2.33. The minimum Gasteiger partial charge on any atom is -0.346 e. The first-order valence-electron chi connectivity index (χ1n) is 9.52. The van der Waals surface area contributed by atoms with Crippen molar-refractivity contribution in [2.45, 2.75) is 37.4 Å². The maximum absolute atomic E-state index is 13.1. The predicted molar refractivity (Wildman–Crippen MR) is 110 cm³/mol. The van der Waals surface area contributed by atoms with Gasteiger partial charge in [0.05, 0.1) is 17.9 Å². The Kier molecular flexibility index (Phi) is 5.21. The van der Waals surface area contributed by atoms with Crippen LogP contribution in [-0.4, -0.2) is 49.5 Å². The molecule has 4 rings (SSSR count). The fourth-order valence-corrected chi connectivity index (χ4v) is 4.55. The van der Waals surface area contributed by atoms with Crippen molar-refractivity contribution in [1.82, 2.24) is 24.2 Å². The molecule has 0 saturated carbocycles. The molecule has 7 nitrogen and oxygen atoms in total. The molecule has 0 fully saturated rings. The zero-order valence-electron chi connectivity index (χ0n) is 16.0. The van der Waals surface area contributed by atoms with Gasteiger partial charge in [0.2, 0.25) is 5.91 Å². The number of benzene rings is 1. The zero-order chi connectivity index (χ0) is 19.7. The Morgan fingerprint density at radius 1 is 1.32 bits per heavy atom. The molecule has 1 aliphatic rings. The van der Waals surface area contributed by atoms with Gasteiger partial charge in [0.25, 0.3) is 5.56 Å². The van der Waals surface area contributed by atoms with Gasteiger partial charge < -0.3 is 4.90 Å². The molecule has 28 heavy (non-hydrogen) atoms. The van der Waals surface area contributed by atoms with Crippen molar-refractivity contribution < 1.29 is 4.79 Å². The first kappa shape index (κ1) is 18.7. The van der Waals surface area contributed by atoms with Crippen LogP contribution in [0.25, 0.3) is 16.7 Å². The van der Waals surface area contributed by atoms with E-state index in [1.807, 2.05) is 37.4 Å². The van der Waals surface area contributed by atoms with Crippen LogP contribution in [0, 0.1) is 0 Å². The highest BCUT2D eigenvalue weighted by molar-refractivity contribution is 7.99. The van der Waals surface area contributed by atoms with Crippen LogP contribution in [0.2, 0.25) is 0 Å². The average molecular weight is 398 g/mol. The quantitative estimate of drug-likeness (QED) is 0.598. The first-order valence-corrected chi connectivity index (χ1v) is 10.5. The Morgan fingerprint density at radius 3 is 2.86 bits per heavy atom. The molecule has 146 valence electrons. The molecule has 0 aliphatic carbocycles. The molecular formula is C20H23N5O2S. The van der Waals surface area contributed by atoms with Crippen molar-refractivity contribution in [3.8, 4) is 5.69 Å². The summed E-state index contributed by atoms with van der Waals surface area (Å²) in [6.07, 6.45) is 3.92. The summed E-state index contributed by atoms with van der Waals surface area (Å²) in [5, 5.41) is 5.51. The van der Waals surface area contributed by atoms with Gasteiger partial charge in [-0.05, 0) is 18.6 Å². The average Bonchev–Trinajstić information content (AvgIpc) is 3.31. The number of para-hydroxylation sites is 1. The van der Waals surface area contributed by atoms with E-state index in [1.165, 1.54) is 11.8 Å². The molecular weight excluding hydrogens is 374 g/mol. The molecule has 0 N–H and O–H groups in total. The number of hydrogen-bond acceptors (Lipinski definition) is 5. The SMILES string of the molecule is CCCCN(C)C(=O)CC1CSc2nc3c(cnn3-c3ccccc3)c(=O)n21. The number of aromatic nitrogens is 4. The second kappa shape index (κ2) is 7.79. The number of carbonyl (C=O) groups excluding carboxylic acids is 1. The zero-order valence-corrected chi connectivity index (χ0v) is 16.9. The van der Waals surface area contributed by atoms with Crippen molar-refractivity contribution in [3.63, 3.8) is 0 Å². The number of fused-ring (bicyclic) bond motifs is 2. The van der Waals surface area contributed by atoms with Gasteiger partial charge in [-0.1, -0.05) is 43.3 Å². The van der Waals surface area contributed by atoms with Crippen molar-refractivity contribution in [2.75, 3.05) is 19.3 Å². The van der Waals surface area contributed by atoms with Crippen molar-refractivity contribution in [2.24, 2.45) is 0 Å². The van der Waals surface area contributed by atoms with E-state index in [9.17, 15) is 9.59 Å². The number of rotatable bonds is 6. The van der Waals surface area contributed by atoms with Crippen molar-refractivity contribution >= 4 is 28.7 Å². The lowest BCUT2D eigenvalue weighted by molar-refractivity contribution is -0.130. The second-order valence-corrected chi connectivity index (χ2v) is 8.02. The van der Waals surface area contributed by atoms with E-state index in [4.69, 9.17) is 4.98 Å². The normalized spacial score (nSPS) is 15.7. The van der Waals surface area contributed by atoms with Crippen LogP contribution in [0.5, 0.6) is 0 Å². The van der Waals surface area contributed by atoms with E-state index >= 15 is 0 Å². The molecule has 0 saturated heterocycles. The fourth-order valence-electron chi connectivity index (χ4n) is 3.42. The third-order valence-electron chi connectivity index (χ3n) is 5.05. The lowest BCUT2D eigenvalue weighted by atomic mass is 10.2. The van der Waals surface area contributed by atoms with Gasteiger partial charge >= 0.3 is 0 Å².